The van der Waals surface area contributed by atoms with Gasteiger partial charge in [-0.2, -0.15) is 0 Å². The van der Waals surface area contributed by atoms with Gasteiger partial charge in [-0.15, -0.1) is 0 Å². The van der Waals surface area contributed by atoms with Crippen LogP contribution in [0.2, 0.25) is 5.02 Å². The van der Waals surface area contributed by atoms with Gasteiger partial charge in [0.25, 0.3) is 0 Å². The summed E-state index contributed by atoms with van der Waals surface area (Å²) in [5, 5.41) is 0.772. The molecule has 0 radical (unpaired) electrons. The van der Waals surface area contributed by atoms with Crippen molar-refractivity contribution >= 4 is 11.6 Å². The van der Waals surface area contributed by atoms with Gasteiger partial charge in [-0.25, -0.2) is 0 Å². The Kier molecular flexibility index (Phi) is 2.42. The molecule has 0 aliphatic carbocycles. The van der Waals surface area contributed by atoms with E-state index in [-0.39, 0.29) is 6.10 Å². The van der Waals surface area contributed by atoms with Crippen LogP contribution in [0, 0.1) is 0 Å². The Morgan fingerprint density at radius 3 is 3.15 bits per heavy atom. The van der Waals surface area contributed by atoms with Crippen LogP contribution < -0.4 is 10.5 Å². The molecule has 1 atom stereocenters. The van der Waals surface area contributed by atoms with Gasteiger partial charge in [-0.1, -0.05) is 11.6 Å². The van der Waals surface area contributed by atoms with E-state index >= 15 is 0 Å². The first-order valence-electron chi connectivity index (χ1n) is 4.45. The highest BCUT2D eigenvalue weighted by molar-refractivity contribution is 6.30. The van der Waals surface area contributed by atoms with Gasteiger partial charge >= 0.3 is 0 Å². The molecule has 70 valence electrons. The van der Waals surface area contributed by atoms with Crippen molar-refractivity contribution < 1.29 is 4.74 Å². The van der Waals surface area contributed by atoms with Crippen molar-refractivity contribution in [1.82, 2.24) is 0 Å². The number of benzene rings is 1. The van der Waals surface area contributed by atoms with E-state index in [4.69, 9.17) is 22.1 Å². The van der Waals surface area contributed by atoms with E-state index in [1.807, 2.05) is 18.2 Å². The zero-order chi connectivity index (χ0) is 9.26. The number of hydrogen-bond donors (Lipinski definition) is 1. The number of fused-ring (bicyclic) bond motifs is 1. The molecule has 0 saturated carbocycles. The monoisotopic (exact) mass is 197 g/mol. The van der Waals surface area contributed by atoms with E-state index < -0.39 is 0 Å². The van der Waals surface area contributed by atoms with Crippen molar-refractivity contribution in [3.05, 3.63) is 28.8 Å². The molecular weight excluding hydrogens is 186 g/mol. The molecule has 0 fully saturated rings. The Bertz CT molecular complexity index is 314. The molecule has 0 saturated heterocycles. The van der Waals surface area contributed by atoms with E-state index in [2.05, 4.69) is 0 Å². The van der Waals surface area contributed by atoms with Gasteiger partial charge in [-0.05, 0) is 36.6 Å². The lowest BCUT2D eigenvalue weighted by molar-refractivity contribution is 0.181. The van der Waals surface area contributed by atoms with Crippen LogP contribution in [-0.4, -0.2) is 12.6 Å². The third-order valence-electron chi connectivity index (χ3n) is 2.31. The van der Waals surface area contributed by atoms with Crippen molar-refractivity contribution in [1.29, 1.82) is 0 Å². The predicted octanol–water partition coefficient (Wildman–Crippen LogP) is 1.99. The zero-order valence-corrected chi connectivity index (χ0v) is 8.05. The number of hydrogen-bond acceptors (Lipinski definition) is 2. The molecule has 3 heteroatoms. The van der Waals surface area contributed by atoms with Crippen LogP contribution in [0.15, 0.2) is 18.2 Å². The van der Waals surface area contributed by atoms with Crippen molar-refractivity contribution in [3.8, 4) is 5.75 Å². The summed E-state index contributed by atoms with van der Waals surface area (Å²) < 4.78 is 5.65. The van der Waals surface area contributed by atoms with Crippen LogP contribution in [0.5, 0.6) is 5.75 Å². The van der Waals surface area contributed by atoms with Gasteiger partial charge < -0.3 is 10.5 Å². The minimum Gasteiger partial charge on any atom is -0.489 e. The molecule has 2 nitrogen and oxygen atoms in total. The van der Waals surface area contributed by atoms with Crippen molar-refractivity contribution in [2.24, 2.45) is 5.73 Å². The lowest BCUT2D eigenvalue weighted by atomic mass is 10.0. The largest absolute Gasteiger partial charge is 0.489 e. The van der Waals surface area contributed by atoms with Gasteiger partial charge in [0, 0.05) is 11.6 Å². The lowest BCUT2D eigenvalue weighted by Crippen LogP contribution is -2.30. The van der Waals surface area contributed by atoms with E-state index in [1.54, 1.807) is 0 Å². The normalized spacial score (nSPS) is 20.6. The van der Waals surface area contributed by atoms with Crippen LogP contribution in [-0.2, 0) is 6.42 Å². The van der Waals surface area contributed by atoms with Gasteiger partial charge in [0.1, 0.15) is 11.9 Å². The van der Waals surface area contributed by atoms with Crippen molar-refractivity contribution in [3.63, 3.8) is 0 Å². The second kappa shape index (κ2) is 3.56. The molecule has 1 aromatic rings. The predicted molar refractivity (Wildman–Crippen MR) is 53.2 cm³/mol. The van der Waals surface area contributed by atoms with Crippen molar-refractivity contribution in [2.45, 2.75) is 18.9 Å². The Balaban J connectivity index is 2.26. The van der Waals surface area contributed by atoms with Gasteiger partial charge in [0.15, 0.2) is 0 Å². The first-order valence-corrected chi connectivity index (χ1v) is 4.82. The number of nitrogens with two attached hydrogens (primary N) is 1. The third-order valence-corrected chi connectivity index (χ3v) is 2.55. The summed E-state index contributed by atoms with van der Waals surface area (Å²) in [6.45, 7) is 0.585. The van der Waals surface area contributed by atoms with Crippen LogP contribution in [0.3, 0.4) is 0 Å². The Morgan fingerprint density at radius 1 is 1.54 bits per heavy atom. The van der Waals surface area contributed by atoms with Gasteiger partial charge in [0.05, 0.1) is 0 Å². The maximum absolute atomic E-state index is 5.87. The summed E-state index contributed by atoms with van der Waals surface area (Å²) in [5.74, 6) is 0.936. The third kappa shape index (κ3) is 1.79. The molecule has 1 unspecified atom stereocenters. The Labute approximate surface area is 82.6 Å². The topological polar surface area (TPSA) is 35.2 Å². The van der Waals surface area contributed by atoms with Gasteiger partial charge in [0.2, 0.25) is 0 Å². The number of rotatable bonds is 1. The van der Waals surface area contributed by atoms with Crippen LogP contribution in [0.4, 0.5) is 0 Å². The number of ether oxygens (including phenoxy) is 1. The summed E-state index contributed by atoms with van der Waals surface area (Å²) in [6, 6.07) is 5.72. The fraction of sp³-hybridized carbons (Fsp3) is 0.400. The van der Waals surface area contributed by atoms with Crippen LogP contribution >= 0.6 is 11.6 Å². The average Bonchev–Trinajstić information content (AvgIpc) is 2.17. The fourth-order valence-corrected chi connectivity index (χ4v) is 1.77. The summed E-state index contributed by atoms with van der Waals surface area (Å²) in [6.07, 6.45) is 2.18. The molecule has 1 aliphatic heterocycles. The molecule has 0 aromatic heterocycles. The van der Waals surface area contributed by atoms with Crippen molar-refractivity contribution in [2.75, 3.05) is 6.54 Å². The van der Waals surface area contributed by atoms with E-state index in [1.165, 1.54) is 5.56 Å². The van der Waals surface area contributed by atoms with Crippen LogP contribution in [0.25, 0.3) is 0 Å². The fourth-order valence-electron chi connectivity index (χ4n) is 1.58. The molecule has 0 bridgehead atoms. The zero-order valence-electron chi connectivity index (χ0n) is 7.29. The van der Waals surface area contributed by atoms with Crippen LogP contribution in [0.1, 0.15) is 12.0 Å². The first-order chi connectivity index (χ1) is 6.29. The quantitative estimate of drug-likeness (QED) is 0.748. The maximum Gasteiger partial charge on any atom is 0.123 e. The first kappa shape index (κ1) is 8.85. The smallest absolute Gasteiger partial charge is 0.123 e. The second-order valence-corrected chi connectivity index (χ2v) is 3.70. The summed E-state index contributed by atoms with van der Waals surface area (Å²) in [7, 11) is 0. The minimum atomic E-state index is 0.175. The molecular formula is C10H12ClNO. The maximum atomic E-state index is 5.87. The minimum absolute atomic E-state index is 0.175. The van der Waals surface area contributed by atoms with E-state index in [0.717, 1.165) is 23.6 Å². The highest BCUT2D eigenvalue weighted by Gasteiger charge is 2.17. The SMILES string of the molecule is NCC1CCc2cc(Cl)ccc2O1. The highest BCUT2D eigenvalue weighted by Crippen LogP contribution is 2.29. The summed E-state index contributed by atoms with van der Waals surface area (Å²) >= 11 is 5.87. The highest BCUT2D eigenvalue weighted by atomic mass is 35.5. The summed E-state index contributed by atoms with van der Waals surface area (Å²) in [4.78, 5) is 0. The Hall–Kier alpha value is -0.730. The summed E-state index contributed by atoms with van der Waals surface area (Å²) in [5.41, 5.74) is 6.73. The molecule has 0 spiro atoms. The van der Waals surface area contributed by atoms with E-state index in [0.29, 0.717) is 6.54 Å². The molecule has 0 amide bonds. The molecule has 1 heterocycles. The molecule has 13 heavy (non-hydrogen) atoms. The van der Waals surface area contributed by atoms with E-state index in [9.17, 15) is 0 Å². The number of aryl methyl sites for hydroxylation is 1. The molecule has 1 aromatic carbocycles. The Morgan fingerprint density at radius 2 is 2.38 bits per heavy atom. The van der Waals surface area contributed by atoms with Gasteiger partial charge in [-0.3, -0.25) is 0 Å². The standard InChI is InChI=1S/C10H12ClNO/c11-8-2-4-10-7(5-8)1-3-9(6-12)13-10/h2,4-5,9H,1,3,6,12H2. The molecule has 2 N–H and O–H groups in total. The number of halogens is 1. The second-order valence-electron chi connectivity index (χ2n) is 3.27. The molecule has 1 aliphatic rings. The molecule has 2 rings (SSSR count). The average molecular weight is 198 g/mol. The lowest BCUT2D eigenvalue weighted by Gasteiger charge is -2.24.